The summed E-state index contributed by atoms with van der Waals surface area (Å²) >= 11 is 0. The van der Waals surface area contributed by atoms with Crippen molar-refractivity contribution >= 4 is 63.3 Å². The Morgan fingerprint density at radius 3 is 1.51 bits per heavy atom. The van der Waals surface area contributed by atoms with Crippen molar-refractivity contribution in [3.05, 3.63) is 83.4 Å². The van der Waals surface area contributed by atoms with Crippen molar-refractivity contribution in [2.45, 2.75) is 122 Å². The Kier molecular flexibility index (Phi) is 13.3. The van der Waals surface area contributed by atoms with Gasteiger partial charge in [-0.05, 0) is 123 Å². The van der Waals surface area contributed by atoms with E-state index in [4.69, 9.17) is 19.4 Å². The summed E-state index contributed by atoms with van der Waals surface area (Å²) in [5.74, 6) is 1.03. The number of imidazole rings is 2. The predicted octanol–water partition coefficient (Wildman–Crippen LogP) is 8.13. The Morgan fingerprint density at radius 1 is 0.603 bits per heavy atom. The van der Waals surface area contributed by atoms with Gasteiger partial charge >= 0.3 is 12.2 Å². The van der Waals surface area contributed by atoms with E-state index in [2.05, 4.69) is 86.2 Å². The summed E-state index contributed by atoms with van der Waals surface area (Å²) in [4.78, 5) is 90.4. The van der Waals surface area contributed by atoms with Crippen LogP contribution in [0.15, 0.2) is 60.7 Å². The molecule has 0 radical (unpaired) electrons. The SMILES string of the molecule is COC(=O)N[C@H](C(=O)N1CCC[C@H]1c1nc2ccc([C@H]3CC[C@H](c4ccc5nc([C@@H]6CCCN6C(=O)[C@@H](NC(=O)OC)C(C)C)[nH]c5c4)N3c3ccc(N4CCCCC4=O)cc3)cc2[nH]1)C(C)C. The maximum Gasteiger partial charge on any atom is 0.407 e. The van der Waals surface area contributed by atoms with Crippen LogP contribution in [0.1, 0.15) is 132 Å². The molecule has 4 fully saturated rings. The Hall–Kier alpha value is -6.65. The molecule has 5 aromatic rings. The van der Waals surface area contributed by atoms with Crippen LogP contribution in [0, 0.1) is 11.8 Å². The number of nitrogens with one attached hydrogen (secondary N) is 4. The van der Waals surface area contributed by atoms with E-state index in [0.29, 0.717) is 19.5 Å². The second-order valence-corrected chi connectivity index (χ2v) is 19.4. The fourth-order valence-electron chi connectivity index (χ4n) is 10.9. The minimum Gasteiger partial charge on any atom is -0.453 e. The molecule has 2 aromatic heterocycles. The number of benzene rings is 3. The van der Waals surface area contributed by atoms with E-state index in [-0.39, 0.29) is 53.7 Å². The number of alkyl carbamates (subject to hydrolysis) is 2. The summed E-state index contributed by atoms with van der Waals surface area (Å²) < 4.78 is 9.67. The zero-order chi connectivity index (χ0) is 47.8. The standard InChI is InChI=1S/C51H64N10O7/c1-29(2)44(56-50(65)67-5)48(63)59-25-9-11-41(59)46-52-35-20-14-31(27-37(35)54-46)39-22-23-40(61(39)34-18-16-33(17-19-34)58-24-8-7-13-43(58)62)32-15-21-36-38(28-32)55-47(53-36)42-12-10-26-60(42)49(64)45(30(3)4)57-51(66)68-6/h14-21,27-30,39-42,44-45H,7-13,22-26H2,1-6H3,(H,52,54)(H,53,55)(H,56,65)(H,57,66)/t39-,40-,41+,42+,44+,45+/m1/s1. The van der Waals surface area contributed by atoms with Crippen LogP contribution >= 0.6 is 0 Å². The molecule has 0 unspecified atom stereocenters. The summed E-state index contributed by atoms with van der Waals surface area (Å²) in [6, 6.07) is 19.3. The number of piperidine rings is 1. The number of aromatic amines is 2. The van der Waals surface area contributed by atoms with Crippen LogP contribution in [-0.2, 0) is 23.9 Å². The van der Waals surface area contributed by atoms with Crippen molar-refractivity contribution in [2.24, 2.45) is 11.8 Å². The number of fused-ring (bicyclic) bond motifs is 2. The molecule has 0 spiro atoms. The van der Waals surface area contributed by atoms with Gasteiger partial charge in [0.2, 0.25) is 17.7 Å². The van der Waals surface area contributed by atoms with Gasteiger partial charge < -0.3 is 49.7 Å². The molecule has 9 rings (SSSR count). The summed E-state index contributed by atoms with van der Waals surface area (Å²) in [7, 11) is 2.59. The van der Waals surface area contributed by atoms with E-state index in [1.54, 1.807) is 0 Å². The Bertz CT molecular complexity index is 2530. The molecule has 6 atom stereocenters. The lowest BCUT2D eigenvalue weighted by atomic mass is 10.0. The Morgan fingerprint density at radius 2 is 1.07 bits per heavy atom. The van der Waals surface area contributed by atoms with E-state index < -0.39 is 24.3 Å². The molecule has 4 N–H and O–H groups in total. The lowest BCUT2D eigenvalue weighted by Crippen LogP contribution is -2.51. The summed E-state index contributed by atoms with van der Waals surface area (Å²) in [5, 5.41) is 5.47. The molecule has 6 heterocycles. The molecule has 17 heteroatoms. The normalized spacial score (nSPS) is 21.9. The van der Waals surface area contributed by atoms with Crippen molar-refractivity contribution in [3.63, 3.8) is 0 Å². The van der Waals surface area contributed by atoms with Crippen molar-refractivity contribution in [1.82, 2.24) is 40.4 Å². The van der Waals surface area contributed by atoms with Crippen molar-refractivity contribution < 1.29 is 33.4 Å². The molecule has 4 aliphatic rings. The van der Waals surface area contributed by atoms with Gasteiger partial charge in [-0.1, -0.05) is 39.8 Å². The van der Waals surface area contributed by atoms with Gasteiger partial charge in [0.25, 0.3) is 0 Å². The highest BCUT2D eigenvalue weighted by Gasteiger charge is 2.41. The van der Waals surface area contributed by atoms with E-state index in [1.165, 1.54) is 14.2 Å². The van der Waals surface area contributed by atoms with Crippen LogP contribution in [0.3, 0.4) is 0 Å². The average Bonchev–Trinajstić information content (AvgIpc) is 4.20. The average molecular weight is 929 g/mol. The molecule has 5 amide bonds. The number of nitrogens with zero attached hydrogens (tertiary/aromatic N) is 6. The fraction of sp³-hybridized carbons (Fsp3) is 0.510. The third kappa shape index (κ3) is 9.06. The van der Waals surface area contributed by atoms with Gasteiger partial charge in [0.15, 0.2) is 0 Å². The Labute approximate surface area is 396 Å². The predicted molar refractivity (Wildman–Crippen MR) is 258 cm³/mol. The van der Waals surface area contributed by atoms with Gasteiger partial charge in [-0.25, -0.2) is 19.6 Å². The molecule has 0 aliphatic carbocycles. The van der Waals surface area contributed by atoms with Crippen LogP contribution in [-0.4, -0.2) is 106 Å². The van der Waals surface area contributed by atoms with Gasteiger partial charge in [0.1, 0.15) is 23.7 Å². The van der Waals surface area contributed by atoms with Gasteiger partial charge in [-0.15, -0.1) is 0 Å². The van der Waals surface area contributed by atoms with Crippen LogP contribution in [0.5, 0.6) is 0 Å². The first-order chi connectivity index (χ1) is 32.8. The van der Waals surface area contributed by atoms with Crippen molar-refractivity contribution in [1.29, 1.82) is 0 Å². The molecule has 68 heavy (non-hydrogen) atoms. The molecule has 4 saturated heterocycles. The lowest BCUT2D eigenvalue weighted by Gasteiger charge is -2.34. The van der Waals surface area contributed by atoms with Crippen LogP contribution in [0.4, 0.5) is 21.0 Å². The second-order valence-electron chi connectivity index (χ2n) is 19.4. The van der Waals surface area contributed by atoms with Crippen LogP contribution in [0.25, 0.3) is 22.1 Å². The zero-order valence-electron chi connectivity index (χ0n) is 39.9. The molecular formula is C51H64N10O7. The maximum atomic E-state index is 13.9. The quantitative estimate of drug-likeness (QED) is 0.0948. The van der Waals surface area contributed by atoms with Crippen molar-refractivity contribution in [3.8, 4) is 0 Å². The highest BCUT2D eigenvalue weighted by atomic mass is 16.5. The number of amides is 5. The number of aromatic nitrogens is 4. The number of hydrogen-bond acceptors (Lipinski definition) is 10. The van der Waals surface area contributed by atoms with E-state index in [0.717, 1.165) is 114 Å². The number of methoxy groups -OCH3 is 2. The summed E-state index contributed by atoms with van der Waals surface area (Å²) in [6.07, 6.45) is 6.11. The molecule has 4 aliphatic heterocycles. The molecule has 0 saturated carbocycles. The number of anilines is 2. The molecular weight excluding hydrogens is 865 g/mol. The zero-order valence-corrected chi connectivity index (χ0v) is 39.9. The van der Waals surface area contributed by atoms with Crippen LogP contribution in [0.2, 0.25) is 0 Å². The summed E-state index contributed by atoms with van der Waals surface area (Å²) in [6.45, 7) is 9.49. The highest BCUT2D eigenvalue weighted by molar-refractivity contribution is 5.94. The maximum absolute atomic E-state index is 13.9. The third-order valence-corrected chi connectivity index (χ3v) is 14.5. The summed E-state index contributed by atoms with van der Waals surface area (Å²) in [5.41, 5.74) is 7.61. The first-order valence-corrected chi connectivity index (χ1v) is 24.3. The lowest BCUT2D eigenvalue weighted by molar-refractivity contribution is -0.136. The van der Waals surface area contributed by atoms with Crippen LogP contribution < -0.4 is 20.4 Å². The van der Waals surface area contributed by atoms with Crippen molar-refractivity contribution in [2.75, 3.05) is 43.7 Å². The minimum absolute atomic E-state index is 0.00189. The molecule has 360 valence electrons. The number of rotatable bonds is 12. The molecule has 0 bridgehead atoms. The Balaban J connectivity index is 1.01. The third-order valence-electron chi connectivity index (χ3n) is 14.5. The number of carbonyl (C=O) groups excluding carboxylic acids is 5. The number of carbonyl (C=O) groups is 5. The molecule has 3 aromatic carbocycles. The van der Waals surface area contributed by atoms with E-state index in [1.807, 2.05) is 42.4 Å². The number of ether oxygens (including phenoxy) is 2. The highest BCUT2D eigenvalue weighted by Crippen LogP contribution is 2.48. The monoisotopic (exact) mass is 928 g/mol. The van der Waals surface area contributed by atoms with Gasteiger partial charge in [0.05, 0.1) is 60.5 Å². The smallest absolute Gasteiger partial charge is 0.407 e. The first-order valence-electron chi connectivity index (χ1n) is 24.3. The minimum atomic E-state index is -0.722. The van der Waals surface area contributed by atoms with Gasteiger partial charge in [-0.2, -0.15) is 0 Å². The second kappa shape index (κ2) is 19.5. The number of H-pyrrole nitrogens is 2. The fourth-order valence-corrected chi connectivity index (χ4v) is 10.9. The van der Waals surface area contributed by atoms with Gasteiger partial charge in [0, 0.05) is 37.4 Å². The first kappa shape index (κ1) is 46.5. The number of hydrogen-bond donors (Lipinski definition) is 4. The topological polar surface area (TPSA) is 198 Å². The number of likely N-dealkylation sites (tertiary alicyclic amines) is 2. The van der Waals surface area contributed by atoms with E-state index in [9.17, 15) is 24.0 Å². The largest absolute Gasteiger partial charge is 0.453 e. The van der Waals surface area contributed by atoms with E-state index >= 15 is 0 Å². The van der Waals surface area contributed by atoms with Gasteiger partial charge in [-0.3, -0.25) is 14.4 Å². The molecule has 17 nitrogen and oxygen atoms in total.